The summed E-state index contributed by atoms with van der Waals surface area (Å²) in [6, 6.07) is 2.44. The fraction of sp³-hybridized carbons (Fsp3) is 0.167. The number of Topliss-reactive ketones (excluding diaryl/α,β-unsaturated/α-hetero) is 2. The van der Waals surface area contributed by atoms with E-state index in [4.69, 9.17) is 0 Å². The molecule has 3 N–H and O–H groups in total. The Bertz CT molecular complexity index is 507. The van der Waals surface area contributed by atoms with E-state index in [1.807, 2.05) is 0 Å². The van der Waals surface area contributed by atoms with Crippen LogP contribution in [-0.4, -0.2) is 11.6 Å². The van der Waals surface area contributed by atoms with Crippen molar-refractivity contribution in [2.75, 3.05) is 0 Å². The van der Waals surface area contributed by atoms with E-state index in [9.17, 15) is 19.8 Å². The SMILES string of the molecule is CC(=O)c1occc1[O-].CC(=O)c1occc1[O-].[O-2].[OH3+].[V+4]. The molecule has 0 atom stereocenters. The van der Waals surface area contributed by atoms with Crippen LogP contribution in [0, 0.1) is 0 Å². The van der Waals surface area contributed by atoms with Crippen molar-refractivity contribution >= 4 is 11.6 Å². The Hall–Kier alpha value is -2.00. The molecule has 0 aromatic carbocycles. The number of ketones is 2. The van der Waals surface area contributed by atoms with Crippen LogP contribution < -0.4 is 10.2 Å². The molecule has 0 saturated carbocycles. The Morgan fingerprint density at radius 2 is 1.19 bits per heavy atom. The number of hydrogen-bond donors (Lipinski definition) is 0. The van der Waals surface area contributed by atoms with Crippen LogP contribution >= 0.6 is 0 Å². The predicted molar refractivity (Wildman–Crippen MR) is 61.9 cm³/mol. The van der Waals surface area contributed by atoms with Crippen molar-refractivity contribution in [1.82, 2.24) is 0 Å². The first-order valence-electron chi connectivity index (χ1n) is 4.94. The van der Waals surface area contributed by atoms with Gasteiger partial charge in [0.1, 0.15) is 0 Å². The molecule has 2 aromatic heterocycles. The molecule has 0 aliphatic carbocycles. The van der Waals surface area contributed by atoms with Gasteiger partial charge >= 0.3 is 18.6 Å². The van der Waals surface area contributed by atoms with E-state index in [0.717, 1.165) is 0 Å². The summed E-state index contributed by atoms with van der Waals surface area (Å²) >= 11 is 0. The third kappa shape index (κ3) is 6.82. The van der Waals surface area contributed by atoms with Gasteiger partial charge in [0.05, 0.1) is 12.5 Å². The molecule has 0 aliphatic heterocycles. The molecule has 0 fully saturated rings. The van der Waals surface area contributed by atoms with Crippen LogP contribution in [0.5, 0.6) is 11.5 Å². The monoisotopic (exact) mass is 336 g/mol. The summed E-state index contributed by atoms with van der Waals surface area (Å²) < 4.78 is 9.13. The smallest absolute Gasteiger partial charge is 2.00 e. The Kier molecular flexibility index (Phi) is 12.3. The first-order valence-corrected chi connectivity index (χ1v) is 4.94. The summed E-state index contributed by atoms with van der Waals surface area (Å²) in [7, 11) is 0. The summed E-state index contributed by atoms with van der Waals surface area (Å²) in [5, 5.41) is 21.1. The fourth-order valence-corrected chi connectivity index (χ4v) is 1.11. The van der Waals surface area contributed by atoms with E-state index in [1.165, 1.54) is 38.5 Å². The van der Waals surface area contributed by atoms with Crippen molar-refractivity contribution in [2.45, 2.75) is 13.8 Å². The van der Waals surface area contributed by atoms with Gasteiger partial charge in [0.25, 0.3) is 0 Å². The largest absolute Gasteiger partial charge is 4.00 e. The molecule has 2 rings (SSSR count). The topological polar surface area (TPSA) is 168 Å². The van der Waals surface area contributed by atoms with Gasteiger partial charge in [-0.25, -0.2) is 0 Å². The maximum absolute atomic E-state index is 10.5. The van der Waals surface area contributed by atoms with Crippen molar-refractivity contribution in [2.24, 2.45) is 0 Å². The van der Waals surface area contributed by atoms with Gasteiger partial charge in [-0.1, -0.05) is 11.5 Å². The summed E-state index contributed by atoms with van der Waals surface area (Å²) in [6.07, 6.45) is 2.41. The second-order valence-electron chi connectivity index (χ2n) is 3.34. The van der Waals surface area contributed by atoms with Gasteiger partial charge in [-0.05, 0) is 12.1 Å². The van der Waals surface area contributed by atoms with Crippen LogP contribution in [-0.2, 0) is 29.5 Å². The zero-order valence-electron chi connectivity index (χ0n) is 11.2. The fourth-order valence-electron chi connectivity index (χ4n) is 1.11. The molecule has 0 spiro atoms. The number of carbonyl (C=O) groups is 2. The zero-order chi connectivity index (χ0) is 13.7. The molecular weight excluding hydrogens is 323 g/mol. The molecule has 113 valence electrons. The van der Waals surface area contributed by atoms with Gasteiger partial charge in [0.15, 0.2) is 23.1 Å². The minimum Gasteiger partial charge on any atom is -2.00 e. The standard InChI is InChI=1S/2C6H6O3.H2O.O.V/c2*1-4(7)6-5(8)2-3-9-6;;;/h2*2-3,8H,1H3;1H2;;/q;;;-2;+4/p-1. The molecule has 9 heteroatoms. The summed E-state index contributed by atoms with van der Waals surface area (Å²) in [5.41, 5.74) is 0. The molecule has 1 radical (unpaired) electrons. The van der Waals surface area contributed by atoms with E-state index in [-0.39, 0.29) is 64.1 Å². The zero-order valence-corrected chi connectivity index (χ0v) is 12.6. The van der Waals surface area contributed by atoms with Gasteiger partial charge in [0, 0.05) is 13.8 Å². The van der Waals surface area contributed by atoms with Gasteiger partial charge in [-0.15, -0.1) is 0 Å². The van der Waals surface area contributed by atoms with Gasteiger partial charge < -0.3 is 30.0 Å². The van der Waals surface area contributed by atoms with Crippen LogP contribution in [0.3, 0.4) is 0 Å². The van der Waals surface area contributed by atoms with Crippen LogP contribution in [0.15, 0.2) is 33.5 Å². The van der Waals surface area contributed by atoms with E-state index in [0.29, 0.717) is 0 Å². The maximum atomic E-state index is 10.5. The third-order valence-corrected chi connectivity index (χ3v) is 1.90. The molecule has 21 heavy (non-hydrogen) atoms. The third-order valence-electron chi connectivity index (χ3n) is 1.90. The first-order chi connectivity index (χ1) is 8.43. The molecule has 0 unspecified atom stereocenters. The van der Waals surface area contributed by atoms with Gasteiger partial charge in [-0.2, -0.15) is 0 Å². The Morgan fingerprint density at radius 3 is 1.29 bits per heavy atom. The van der Waals surface area contributed by atoms with E-state index < -0.39 is 0 Å². The maximum Gasteiger partial charge on any atom is 4.00 e. The molecule has 0 saturated heterocycles. The van der Waals surface area contributed by atoms with Crippen LogP contribution in [0.25, 0.3) is 0 Å². The van der Waals surface area contributed by atoms with Gasteiger partial charge in [-0.3, -0.25) is 9.59 Å². The summed E-state index contributed by atoms with van der Waals surface area (Å²) in [6.45, 7) is 2.58. The van der Waals surface area contributed by atoms with E-state index in [2.05, 4.69) is 8.83 Å². The number of rotatable bonds is 2. The van der Waals surface area contributed by atoms with Crippen molar-refractivity contribution in [3.63, 3.8) is 0 Å². The van der Waals surface area contributed by atoms with Gasteiger partial charge in [0.2, 0.25) is 0 Å². The van der Waals surface area contributed by atoms with Crippen LogP contribution in [0.1, 0.15) is 35.0 Å². The number of furan rings is 2. The van der Waals surface area contributed by atoms with E-state index >= 15 is 0 Å². The molecule has 2 aromatic rings. The number of hydrogen-bond acceptors (Lipinski definition) is 6. The average Bonchev–Trinajstić information content (AvgIpc) is 2.87. The van der Waals surface area contributed by atoms with E-state index in [1.54, 1.807) is 0 Å². The number of carbonyl (C=O) groups excluding carboxylic acids is 2. The molecule has 0 aliphatic rings. The Labute approximate surface area is 131 Å². The first kappa shape index (κ1) is 24.1. The van der Waals surface area contributed by atoms with Crippen molar-refractivity contribution < 1.29 is 58.1 Å². The second kappa shape index (κ2) is 10.8. The van der Waals surface area contributed by atoms with Crippen molar-refractivity contribution in [3.05, 3.63) is 36.2 Å². The summed E-state index contributed by atoms with van der Waals surface area (Å²) in [4.78, 5) is 20.9. The molecule has 0 amide bonds. The quantitative estimate of drug-likeness (QED) is 0.555. The Balaban J connectivity index is -0.000000270. The van der Waals surface area contributed by atoms with Crippen molar-refractivity contribution in [3.8, 4) is 11.5 Å². The molecule has 2 heterocycles. The van der Waals surface area contributed by atoms with Crippen molar-refractivity contribution in [1.29, 1.82) is 0 Å². The average molecular weight is 336 g/mol. The normalized spacial score (nSPS) is 8.10. The van der Waals surface area contributed by atoms with Crippen LogP contribution in [0.2, 0.25) is 0 Å². The molecular formula is C12H13O8V+. The minimum absolute atomic E-state index is 0. The minimum atomic E-state index is -0.345. The van der Waals surface area contributed by atoms with Crippen LogP contribution in [0.4, 0.5) is 0 Å². The Morgan fingerprint density at radius 1 is 0.905 bits per heavy atom. The molecule has 8 nitrogen and oxygen atoms in total. The summed E-state index contributed by atoms with van der Waals surface area (Å²) in [5.74, 6) is -1.52. The predicted octanol–water partition coefficient (Wildman–Crippen LogP) is 0.0684. The molecule has 0 bridgehead atoms. The second-order valence-corrected chi connectivity index (χ2v) is 3.34.